The maximum atomic E-state index is 12.2. The maximum absolute atomic E-state index is 12.2. The van der Waals surface area contributed by atoms with E-state index in [1.807, 2.05) is 11.8 Å². The van der Waals surface area contributed by atoms with Gasteiger partial charge in [0.15, 0.2) is 0 Å². The highest BCUT2D eigenvalue weighted by Crippen LogP contribution is 2.29. The molecule has 1 aliphatic rings. The summed E-state index contributed by atoms with van der Waals surface area (Å²) >= 11 is 8.16. The quantitative estimate of drug-likeness (QED) is 0.896. The van der Waals surface area contributed by atoms with Crippen LogP contribution in [0, 0.1) is 5.92 Å². The molecule has 0 bridgehead atoms. The summed E-state index contributed by atoms with van der Waals surface area (Å²) in [4.78, 5) is 12.2. The smallest absolute Gasteiger partial charge is 0.287 e. The molecule has 0 amide bonds. The fourth-order valence-corrected chi connectivity index (χ4v) is 3.65. The van der Waals surface area contributed by atoms with Gasteiger partial charge in [0.25, 0.3) is 5.56 Å². The van der Waals surface area contributed by atoms with Crippen LogP contribution in [-0.4, -0.2) is 27.3 Å². The summed E-state index contributed by atoms with van der Waals surface area (Å²) in [7, 11) is 0. The molecular formula is C15H24ClN3OS. The van der Waals surface area contributed by atoms with Gasteiger partial charge in [-0.3, -0.25) is 4.79 Å². The first-order chi connectivity index (χ1) is 10.0. The van der Waals surface area contributed by atoms with E-state index in [9.17, 15) is 4.79 Å². The van der Waals surface area contributed by atoms with Gasteiger partial charge in [0, 0.05) is 17.8 Å². The topological polar surface area (TPSA) is 46.9 Å². The van der Waals surface area contributed by atoms with Crippen LogP contribution < -0.4 is 10.9 Å². The molecule has 21 heavy (non-hydrogen) atoms. The molecule has 118 valence electrons. The molecule has 4 nitrogen and oxygen atoms in total. The highest BCUT2D eigenvalue weighted by molar-refractivity contribution is 7.99. The van der Waals surface area contributed by atoms with E-state index in [0.717, 1.165) is 18.1 Å². The molecule has 1 heterocycles. The second kappa shape index (κ2) is 7.54. The highest BCUT2D eigenvalue weighted by Gasteiger charge is 2.21. The van der Waals surface area contributed by atoms with Crippen molar-refractivity contribution in [1.29, 1.82) is 0 Å². The third kappa shape index (κ3) is 4.39. The van der Waals surface area contributed by atoms with Crippen LogP contribution in [0.4, 0.5) is 5.69 Å². The van der Waals surface area contributed by atoms with Gasteiger partial charge in [-0.2, -0.15) is 16.9 Å². The molecule has 0 saturated heterocycles. The zero-order chi connectivity index (χ0) is 15.4. The molecule has 0 unspecified atom stereocenters. The Balaban J connectivity index is 2.04. The van der Waals surface area contributed by atoms with Crippen LogP contribution in [0.1, 0.15) is 39.5 Å². The van der Waals surface area contributed by atoms with Gasteiger partial charge in [-0.05, 0) is 37.9 Å². The Labute approximate surface area is 135 Å². The van der Waals surface area contributed by atoms with Gasteiger partial charge >= 0.3 is 0 Å². The molecule has 1 N–H and O–H groups in total. The van der Waals surface area contributed by atoms with Gasteiger partial charge in [-0.15, -0.1) is 0 Å². The standard InChI is InChI=1S/C15H24ClN3OS/c1-10(2)9-19-15(20)14(16)13(8-17-19)18-11-4-6-12(21-3)7-5-11/h8,10-12,18H,4-7,9H2,1-3H3. The van der Waals surface area contributed by atoms with E-state index in [1.54, 1.807) is 6.20 Å². The number of hydrogen-bond acceptors (Lipinski definition) is 4. The van der Waals surface area contributed by atoms with E-state index in [4.69, 9.17) is 11.6 Å². The number of rotatable bonds is 5. The number of nitrogens with zero attached hydrogens (tertiary/aromatic N) is 2. The van der Waals surface area contributed by atoms with Gasteiger partial charge in [0.05, 0.1) is 11.9 Å². The van der Waals surface area contributed by atoms with Crippen molar-refractivity contribution < 1.29 is 0 Å². The monoisotopic (exact) mass is 329 g/mol. The van der Waals surface area contributed by atoms with Crippen LogP contribution in [0.3, 0.4) is 0 Å². The van der Waals surface area contributed by atoms with Crippen LogP contribution in [0.15, 0.2) is 11.0 Å². The van der Waals surface area contributed by atoms with E-state index in [1.165, 1.54) is 17.5 Å². The minimum atomic E-state index is -0.201. The number of aromatic nitrogens is 2. The fraction of sp³-hybridized carbons (Fsp3) is 0.733. The van der Waals surface area contributed by atoms with Crippen LogP contribution >= 0.6 is 23.4 Å². The Morgan fingerprint density at radius 1 is 1.43 bits per heavy atom. The minimum Gasteiger partial charge on any atom is -0.380 e. The average molecular weight is 330 g/mol. The van der Waals surface area contributed by atoms with Crippen molar-refractivity contribution in [3.63, 3.8) is 0 Å². The van der Waals surface area contributed by atoms with Crippen molar-refractivity contribution in [3.05, 3.63) is 21.6 Å². The molecule has 1 fully saturated rings. The number of halogens is 1. The zero-order valence-corrected chi connectivity index (χ0v) is 14.5. The minimum absolute atomic E-state index is 0.201. The lowest BCUT2D eigenvalue weighted by atomic mass is 9.95. The normalized spacial score (nSPS) is 22.5. The molecule has 0 spiro atoms. The molecular weight excluding hydrogens is 306 g/mol. The molecule has 2 rings (SSSR count). The first-order valence-electron chi connectivity index (χ1n) is 7.56. The highest BCUT2D eigenvalue weighted by atomic mass is 35.5. The van der Waals surface area contributed by atoms with Crippen molar-refractivity contribution in [2.75, 3.05) is 11.6 Å². The summed E-state index contributed by atoms with van der Waals surface area (Å²) in [6.07, 6.45) is 8.54. The third-order valence-electron chi connectivity index (χ3n) is 3.89. The summed E-state index contributed by atoms with van der Waals surface area (Å²) in [6.45, 7) is 4.70. The fourth-order valence-electron chi connectivity index (χ4n) is 2.70. The van der Waals surface area contributed by atoms with Crippen LogP contribution in [0.2, 0.25) is 5.02 Å². The van der Waals surface area contributed by atoms with Gasteiger partial charge in [0.1, 0.15) is 5.02 Å². The number of anilines is 1. The van der Waals surface area contributed by atoms with E-state index in [0.29, 0.717) is 24.2 Å². The lowest BCUT2D eigenvalue weighted by molar-refractivity contribution is 0.460. The molecule has 0 aliphatic heterocycles. The SMILES string of the molecule is CSC1CCC(Nc2cnn(CC(C)C)c(=O)c2Cl)CC1. The van der Waals surface area contributed by atoms with E-state index in [-0.39, 0.29) is 10.6 Å². The predicted octanol–water partition coefficient (Wildman–Crippen LogP) is 3.64. The predicted molar refractivity (Wildman–Crippen MR) is 91.5 cm³/mol. The summed E-state index contributed by atoms with van der Waals surface area (Å²) in [6, 6.07) is 0.396. The van der Waals surface area contributed by atoms with Crippen molar-refractivity contribution in [1.82, 2.24) is 9.78 Å². The van der Waals surface area contributed by atoms with Gasteiger partial charge < -0.3 is 5.32 Å². The molecule has 6 heteroatoms. The molecule has 0 radical (unpaired) electrons. The lowest BCUT2D eigenvalue weighted by Crippen LogP contribution is -2.30. The Hall–Kier alpha value is -0.680. The Bertz CT molecular complexity index is 524. The maximum Gasteiger partial charge on any atom is 0.287 e. The van der Waals surface area contributed by atoms with Crippen molar-refractivity contribution in [3.8, 4) is 0 Å². The molecule has 0 aromatic carbocycles. The second-order valence-electron chi connectivity index (χ2n) is 6.11. The molecule has 0 atom stereocenters. The average Bonchev–Trinajstić information content (AvgIpc) is 2.47. The number of thioether (sulfide) groups is 1. The lowest BCUT2D eigenvalue weighted by Gasteiger charge is -2.28. The summed E-state index contributed by atoms with van der Waals surface area (Å²) in [5.41, 5.74) is 0.474. The first-order valence-corrected chi connectivity index (χ1v) is 9.22. The Morgan fingerprint density at radius 3 is 2.67 bits per heavy atom. The molecule has 1 aromatic heterocycles. The molecule has 1 aliphatic carbocycles. The number of hydrogen-bond donors (Lipinski definition) is 1. The summed E-state index contributed by atoms with van der Waals surface area (Å²) in [5.74, 6) is 0.367. The van der Waals surface area contributed by atoms with Crippen molar-refractivity contribution in [2.45, 2.75) is 57.4 Å². The van der Waals surface area contributed by atoms with E-state index < -0.39 is 0 Å². The summed E-state index contributed by atoms with van der Waals surface area (Å²) < 4.78 is 1.45. The van der Waals surface area contributed by atoms with Crippen LogP contribution in [0.25, 0.3) is 0 Å². The van der Waals surface area contributed by atoms with Gasteiger partial charge in [-0.25, -0.2) is 4.68 Å². The van der Waals surface area contributed by atoms with Crippen LogP contribution in [-0.2, 0) is 6.54 Å². The zero-order valence-electron chi connectivity index (χ0n) is 12.9. The van der Waals surface area contributed by atoms with E-state index in [2.05, 4.69) is 30.5 Å². The third-order valence-corrected chi connectivity index (χ3v) is 5.39. The number of nitrogens with one attached hydrogen (secondary N) is 1. The van der Waals surface area contributed by atoms with Gasteiger partial charge in [0.2, 0.25) is 0 Å². The Kier molecular flexibility index (Phi) is 5.99. The Morgan fingerprint density at radius 2 is 2.10 bits per heavy atom. The largest absolute Gasteiger partial charge is 0.380 e. The van der Waals surface area contributed by atoms with Crippen molar-refractivity contribution in [2.24, 2.45) is 5.92 Å². The van der Waals surface area contributed by atoms with E-state index >= 15 is 0 Å². The first kappa shape index (κ1) is 16.7. The van der Waals surface area contributed by atoms with Gasteiger partial charge in [-0.1, -0.05) is 25.4 Å². The molecule has 1 aromatic rings. The second-order valence-corrected chi connectivity index (χ2v) is 7.62. The van der Waals surface area contributed by atoms with Crippen molar-refractivity contribution >= 4 is 29.1 Å². The summed E-state index contributed by atoms with van der Waals surface area (Å²) in [5, 5.41) is 8.66. The van der Waals surface area contributed by atoms with Crippen LogP contribution in [0.5, 0.6) is 0 Å². The molecule has 1 saturated carbocycles.